The number of halogens is 1. The predicted molar refractivity (Wildman–Crippen MR) is 88.3 cm³/mol. The Hall–Kier alpha value is -1.92. The number of hydrogen-bond acceptors (Lipinski definition) is 4. The lowest BCUT2D eigenvalue weighted by molar-refractivity contribution is -0.119. The molecule has 0 radical (unpaired) electrons. The molecular weight excluding hydrogens is 321 g/mol. The molecule has 0 atom stereocenters. The molecule has 6 heteroatoms. The van der Waals surface area contributed by atoms with Gasteiger partial charge in [0.2, 0.25) is 0 Å². The molecule has 0 saturated heterocycles. The first kappa shape index (κ1) is 15.0. The van der Waals surface area contributed by atoms with Gasteiger partial charge in [-0.2, -0.15) is 0 Å². The fourth-order valence-electron chi connectivity index (χ4n) is 2.28. The normalized spacial score (nSPS) is 15.1. The number of carbonyl (C=O) groups is 2. The van der Waals surface area contributed by atoms with Crippen molar-refractivity contribution >= 4 is 46.2 Å². The molecule has 0 unspecified atom stereocenters. The maximum absolute atomic E-state index is 14.0. The number of thioether (sulfide) groups is 1. The van der Waals surface area contributed by atoms with Crippen molar-refractivity contribution in [3.63, 3.8) is 0 Å². The molecule has 0 bridgehead atoms. The Labute approximate surface area is 135 Å². The van der Waals surface area contributed by atoms with E-state index in [9.17, 15) is 14.0 Å². The number of amides is 2. The highest BCUT2D eigenvalue weighted by Gasteiger charge is 2.41. The van der Waals surface area contributed by atoms with Gasteiger partial charge in [-0.05, 0) is 29.3 Å². The van der Waals surface area contributed by atoms with E-state index < -0.39 is 17.6 Å². The van der Waals surface area contributed by atoms with E-state index in [1.54, 1.807) is 12.1 Å². The number of anilines is 1. The van der Waals surface area contributed by atoms with E-state index in [-0.39, 0.29) is 5.69 Å². The van der Waals surface area contributed by atoms with E-state index in [2.05, 4.69) is 0 Å². The molecule has 0 N–H and O–H groups in total. The fraction of sp³-hybridized carbons (Fsp3) is 0.125. The number of benzene rings is 1. The summed E-state index contributed by atoms with van der Waals surface area (Å²) in [6, 6.07) is 9.44. The highest BCUT2D eigenvalue weighted by Crippen LogP contribution is 2.40. The van der Waals surface area contributed by atoms with Gasteiger partial charge in [-0.1, -0.05) is 25.1 Å². The second-order valence-electron chi connectivity index (χ2n) is 4.51. The van der Waals surface area contributed by atoms with E-state index in [4.69, 9.17) is 0 Å². The van der Waals surface area contributed by atoms with Gasteiger partial charge in [0, 0.05) is 4.88 Å². The van der Waals surface area contributed by atoms with E-state index in [0.717, 1.165) is 9.78 Å². The molecule has 0 fully saturated rings. The molecule has 1 aliphatic rings. The minimum absolute atomic E-state index is 0.00161. The summed E-state index contributed by atoms with van der Waals surface area (Å²) in [7, 11) is 0. The molecule has 0 spiro atoms. The summed E-state index contributed by atoms with van der Waals surface area (Å²) in [6.45, 7) is 1.91. The highest BCUT2D eigenvalue weighted by atomic mass is 32.2. The number of hydrogen-bond donors (Lipinski definition) is 0. The fourth-order valence-corrected chi connectivity index (χ4v) is 3.96. The summed E-state index contributed by atoms with van der Waals surface area (Å²) >= 11 is 2.71. The number of thiophene rings is 1. The van der Waals surface area contributed by atoms with Crippen molar-refractivity contribution in [1.82, 2.24) is 0 Å². The average molecular weight is 333 g/mol. The summed E-state index contributed by atoms with van der Waals surface area (Å²) in [4.78, 5) is 27.4. The van der Waals surface area contributed by atoms with Gasteiger partial charge < -0.3 is 0 Å². The minimum Gasteiger partial charge on any atom is -0.268 e. The van der Waals surface area contributed by atoms with Gasteiger partial charge in [0.1, 0.15) is 5.82 Å². The van der Waals surface area contributed by atoms with Crippen LogP contribution in [0.1, 0.15) is 11.8 Å². The van der Waals surface area contributed by atoms with Crippen molar-refractivity contribution in [3.05, 3.63) is 57.4 Å². The first-order valence-electron chi connectivity index (χ1n) is 6.69. The summed E-state index contributed by atoms with van der Waals surface area (Å²) in [5.41, 5.74) is 0.369. The minimum atomic E-state index is -0.586. The van der Waals surface area contributed by atoms with Crippen LogP contribution in [0.4, 0.5) is 10.1 Å². The number of nitrogens with zero attached hydrogens (tertiary/aromatic N) is 1. The third-order valence-corrected chi connectivity index (χ3v) is 5.03. The molecular formula is C16H12FNO2S2. The standard InChI is InChI=1S/C16H12FNO2S2/c1-2-21-14-13(12-8-5-9-22-12)15(19)18(16(14)20)11-7-4-3-6-10(11)17/h3-9H,2H2,1H3. The van der Waals surface area contributed by atoms with Crippen LogP contribution in [0.25, 0.3) is 5.57 Å². The van der Waals surface area contributed by atoms with Crippen molar-refractivity contribution in [1.29, 1.82) is 0 Å². The quantitative estimate of drug-likeness (QED) is 0.796. The molecule has 2 heterocycles. The smallest absolute Gasteiger partial charge is 0.268 e. The van der Waals surface area contributed by atoms with Gasteiger partial charge >= 0.3 is 0 Å². The van der Waals surface area contributed by atoms with Crippen molar-refractivity contribution < 1.29 is 14.0 Å². The summed E-state index contributed by atoms with van der Waals surface area (Å²) < 4.78 is 14.0. The van der Waals surface area contributed by atoms with E-state index in [0.29, 0.717) is 16.2 Å². The molecule has 112 valence electrons. The van der Waals surface area contributed by atoms with Crippen LogP contribution >= 0.6 is 23.1 Å². The Kier molecular flexibility index (Phi) is 4.13. The van der Waals surface area contributed by atoms with E-state index >= 15 is 0 Å². The van der Waals surface area contributed by atoms with Gasteiger partial charge in [0.25, 0.3) is 11.8 Å². The molecule has 1 aromatic heterocycles. The molecule has 2 aromatic rings. The third kappa shape index (κ3) is 2.38. The Morgan fingerprint density at radius 2 is 1.91 bits per heavy atom. The second kappa shape index (κ2) is 6.06. The molecule has 2 amide bonds. The van der Waals surface area contributed by atoms with Gasteiger partial charge in [-0.3, -0.25) is 9.59 Å². The van der Waals surface area contributed by atoms with Crippen LogP contribution in [-0.4, -0.2) is 17.6 Å². The molecule has 3 nitrogen and oxygen atoms in total. The Balaban J connectivity index is 2.11. The van der Waals surface area contributed by atoms with Crippen LogP contribution in [0.2, 0.25) is 0 Å². The lowest BCUT2D eigenvalue weighted by Gasteiger charge is -2.15. The van der Waals surface area contributed by atoms with Crippen LogP contribution in [0.15, 0.2) is 46.7 Å². The maximum atomic E-state index is 14.0. The number of imide groups is 1. The van der Waals surface area contributed by atoms with Crippen LogP contribution in [0.5, 0.6) is 0 Å². The van der Waals surface area contributed by atoms with Crippen molar-refractivity contribution in [2.45, 2.75) is 6.92 Å². The molecule has 1 aromatic carbocycles. The predicted octanol–water partition coefficient (Wildman–Crippen LogP) is 3.92. The van der Waals surface area contributed by atoms with Gasteiger partial charge in [-0.25, -0.2) is 9.29 Å². The molecule has 0 aliphatic carbocycles. The maximum Gasteiger partial charge on any atom is 0.272 e. The highest BCUT2D eigenvalue weighted by molar-refractivity contribution is 8.04. The average Bonchev–Trinajstić information content (AvgIpc) is 3.09. The third-order valence-electron chi connectivity index (χ3n) is 3.19. The largest absolute Gasteiger partial charge is 0.272 e. The first-order chi connectivity index (χ1) is 10.6. The lowest BCUT2D eigenvalue weighted by atomic mass is 10.2. The van der Waals surface area contributed by atoms with E-state index in [1.807, 2.05) is 18.4 Å². The monoisotopic (exact) mass is 333 g/mol. The van der Waals surface area contributed by atoms with Crippen LogP contribution in [0.3, 0.4) is 0 Å². The lowest BCUT2D eigenvalue weighted by Crippen LogP contribution is -2.32. The number of rotatable bonds is 4. The van der Waals surface area contributed by atoms with Gasteiger partial charge in [-0.15, -0.1) is 23.1 Å². The van der Waals surface area contributed by atoms with Crippen molar-refractivity contribution in [2.75, 3.05) is 10.7 Å². The number of para-hydroxylation sites is 1. The van der Waals surface area contributed by atoms with Crippen molar-refractivity contribution in [2.24, 2.45) is 0 Å². The zero-order chi connectivity index (χ0) is 15.7. The topological polar surface area (TPSA) is 37.4 Å². The number of carbonyl (C=O) groups excluding carboxylic acids is 2. The molecule has 0 saturated carbocycles. The van der Waals surface area contributed by atoms with Crippen LogP contribution in [-0.2, 0) is 9.59 Å². The molecule has 22 heavy (non-hydrogen) atoms. The summed E-state index contributed by atoms with van der Waals surface area (Å²) in [5, 5.41) is 1.85. The van der Waals surface area contributed by atoms with Crippen molar-refractivity contribution in [3.8, 4) is 0 Å². The van der Waals surface area contributed by atoms with Crippen LogP contribution < -0.4 is 4.90 Å². The Bertz CT molecular complexity index is 768. The van der Waals surface area contributed by atoms with Crippen LogP contribution in [0, 0.1) is 5.82 Å². The summed E-state index contributed by atoms with van der Waals surface area (Å²) in [6.07, 6.45) is 0. The van der Waals surface area contributed by atoms with E-state index in [1.165, 1.54) is 41.3 Å². The second-order valence-corrected chi connectivity index (χ2v) is 6.73. The van der Waals surface area contributed by atoms with Gasteiger partial charge in [0.15, 0.2) is 0 Å². The SMILES string of the molecule is CCSC1=C(c2cccs2)C(=O)N(c2ccccc2F)C1=O. The Morgan fingerprint density at radius 1 is 1.14 bits per heavy atom. The first-order valence-corrected chi connectivity index (χ1v) is 8.56. The Morgan fingerprint density at radius 3 is 2.55 bits per heavy atom. The zero-order valence-corrected chi connectivity index (χ0v) is 13.3. The molecule has 3 rings (SSSR count). The zero-order valence-electron chi connectivity index (χ0n) is 11.7. The molecule has 1 aliphatic heterocycles. The van der Waals surface area contributed by atoms with Gasteiger partial charge in [0.05, 0.1) is 16.2 Å². The summed E-state index contributed by atoms with van der Waals surface area (Å²) in [5.74, 6) is -0.842.